The third-order valence-corrected chi connectivity index (χ3v) is 6.69. The molecule has 1 aliphatic heterocycles. The summed E-state index contributed by atoms with van der Waals surface area (Å²) in [6, 6.07) is 21.8. The van der Waals surface area contributed by atoms with Gasteiger partial charge < -0.3 is 14.9 Å². The van der Waals surface area contributed by atoms with Crippen molar-refractivity contribution in [3.63, 3.8) is 0 Å². The lowest BCUT2D eigenvalue weighted by Gasteiger charge is -2.34. The number of benzene rings is 3. The average Bonchev–Trinajstić information content (AvgIpc) is 2.90. The smallest absolute Gasteiger partial charge is 0.335 e. The van der Waals surface area contributed by atoms with Crippen LogP contribution >= 0.6 is 11.8 Å². The Balaban J connectivity index is 0.000000236. The summed E-state index contributed by atoms with van der Waals surface area (Å²) in [5, 5.41) is 17.4. The standard InChI is InChI=1S/C19H21NO2S.C9H8O4/c1-23-17-9-7-15(8-10-17)18(20-11-13-22-14-12-20)19(21)16-5-3-2-4-6-16;1-5-6(8(10)11)3-2-4-7(5)9(12)13/h2-10,18H,11-14H2,1H3;2-4H,1H3,(H,10,11)(H,12,13). The van der Waals surface area contributed by atoms with Crippen LogP contribution < -0.4 is 0 Å². The van der Waals surface area contributed by atoms with Gasteiger partial charge in [0, 0.05) is 23.5 Å². The van der Waals surface area contributed by atoms with Crippen LogP contribution in [0.4, 0.5) is 0 Å². The number of nitrogens with zero attached hydrogens (tertiary/aromatic N) is 1. The number of hydrogen-bond acceptors (Lipinski definition) is 6. The molecule has 0 bridgehead atoms. The van der Waals surface area contributed by atoms with E-state index in [2.05, 4.69) is 35.4 Å². The summed E-state index contributed by atoms with van der Waals surface area (Å²) in [6.45, 7) is 4.41. The van der Waals surface area contributed by atoms with Crippen molar-refractivity contribution in [1.29, 1.82) is 0 Å². The van der Waals surface area contributed by atoms with Gasteiger partial charge in [-0.05, 0) is 48.6 Å². The van der Waals surface area contributed by atoms with Gasteiger partial charge in [0.1, 0.15) is 0 Å². The van der Waals surface area contributed by atoms with Crippen LogP contribution in [0.15, 0.2) is 77.7 Å². The topological polar surface area (TPSA) is 104 Å². The zero-order valence-electron chi connectivity index (χ0n) is 20.2. The molecule has 1 saturated heterocycles. The first-order valence-electron chi connectivity index (χ1n) is 11.4. The third-order valence-electron chi connectivity index (χ3n) is 5.94. The number of carboxylic acids is 2. The molecular weight excluding hydrogens is 478 g/mol. The van der Waals surface area contributed by atoms with Crippen LogP contribution in [0.2, 0.25) is 0 Å². The van der Waals surface area contributed by atoms with Gasteiger partial charge in [0.05, 0.1) is 30.4 Å². The number of hydrogen-bond donors (Lipinski definition) is 2. The van der Waals surface area contributed by atoms with E-state index in [1.807, 2.05) is 30.3 Å². The van der Waals surface area contributed by atoms with E-state index in [-0.39, 0.29) is 28.5 Å². The Labute approximate surface area is 214 Å². The monoisotopic (exact) mass is 507 g/mol. The first-order valence-corrected chi connectivity index (χ1v) is 12.7. The van der Waals surface area contributed by atoms with Crippen molar-refractivity contribution in [3.8, 4) is 0 Å². The number of carboxylic acid groups (broad SMARTS) is 2. The summed E-state index contributed by atoms with van der Waals surface area (Å²) >= 11 is 1.71. The van der Waals surface area contributed by atoms with Crippen molar-refractivity contribution in [3.05, 3.63) is 101 Å². The number of carbonyl (C=O) groups excluding carboxylic acids is 1. The molecule has 3 aromatic rings. The molecule has 1 aliphatic rings. The van der Waals surface area contributed by atoms with Crippen LogP contribution in [0.1, 0.15) is 48.2 Å². The summed E-state index contributed by atoms with van der Waals surface area (Å²) in [5.74, 6) is -2.06. The number of thioether (sulfide) groups is 1. The molecule has 1 unspecified atom stereocenters. The predicted molar refractivity (Wildman–Crippen MR) is 139 cm³/mol. The summed E-state index contributed by atoms with van der Waals surface area (Å²) in [7, 11) is 0. The van der Waals surface area contributed by atoms with Crippen LogP contribution in [0.3, 0.4) is 0 Å². The number of carbonyl (C=O) groups is 3. The molecule has 1 fully saturated rings. The number of morpholine rings is 1. The normalized spacial score (nSPS) is 14.3. The predicted octanol–water partition coefficient (Wildman–Crippen LogP) is 5.06. The van der Waals surface area contributed by atoms with Crippen molar-refractivity contribution >= 4 is 29.5 Å². The maximum atomic E-state index is 13.1. The lowest BCUT2D eigenvalue weighted by Crippen LogP contribution is -2.42. The number of ketones is 1. The van der Waals surface area contributed by atoms with Gasteiger partial charge in [-0.15, -0.1) is 11.8 Å². The molecule has 0 aliphatic carbocycles. The van der Waals surface area contributed by atoms with E-state index < -0.39 is 11.9 Å². The van der Waals surface area contributed by atoms with E-state index >= 15 is 0 Å². The number of rotatable bonds is 7. The Morgan fingerprint density at radius 1 is 0.833 bits per heavy atom. The first-order chi connectivity index (χ1) is 17.3. The Morgan fingerprint density at radius 2 is 1.39 bits per heavy atom. The van der Waals surface area contributed by atoms with Gasteiger partial charge in [-0.1, -0.05) is 48.5 Å². The average molecular weight is 508 g/mol. The lowest BCUT2D eigenvalue weighted by molar-refractivity contribution is 0.0172. The highest BCUT2D eigenvalue weighted by Crippen LogP contribution is 2.28. The molecule has 2 N–H and O–H groups in total. The third kappa shape index (κ3) is 6.81. The van der Waals surface area contributed by atoms with Gasteiger partial charge in [0.25, 0.3) is 0 Å². The molecule has 36 heavy (non-hydrogen) atoms. The van der Waals surface area contributed by atoms with E-state index in [0.29, 0.717) is 13.2 Å². The fourth-order valence-electron chi connectivity index (χ4n) is 4.01. The Bertz CT molecular complexity index is 1160. The van der Waals surface area contributed by atoms with Crippen LogP contribution in [0.5, 0.6) is 0 Å². The number of ether oxygens (including phenoxy) is 1. The Morgan fingerprint density at radius 3 is 1.89 bits per heavy atom. The minimum absolute atomic E-state index is 0.0277. The SMILES string of the molecule is CSc1ccc(C(C(=O)c2ccccc2)N2CCOCC2)cc1.Cc1c(C(=O)O)cccc1C(=O)O. The minimum atomic E-state index is -1.11. The van der Waals surface area contributed by atoms with Crippen molar-refractivity contribution in [2.75, 3.05) is 32.6 Å². The molecule has 0 aromatic heterocycles. The fourth-order valence-corrected chi connectivity index (χ4v) is 4.42. The molecule has 0 radical (unpaired) electrons. The second-order valence-corrected chi connectivity index (χ2v) is 9.02. The largest absolute Gasteiger partial charge is 0.478 e. The molecule has 0 amide bonds. The van der Waals surface area contributed by atoms with Gasteiger partial charge >= 0.3 is 11.9 Å². The number of aromatic carboxylic acids is 2. The second-order valence-electron chi connectivity index (χ2n) is 8.14. The molecule has 1 atom stereocenters. The Kier molecular flexibility index (Phi) is 9.81. The van der Waals surface area contributed by atoms with Crippen molar-refractivity contribution in [1.82, 2.24) is 4.90 Å². The number of Topliss-reactive ketones (excluding diaryl/α,β-unsaturated/α-hetero) is 1. The second kappa shape index (κ2) is 13.0. The molecule has 1 heterocycles. The van der Waals surface area contributed by atoms with Crippen LogP contribution in [-0.2, 0) is 4.74 Å². The first kappa shape index (κ1) is 27.1. The molecule has 0 saturated carbocycles. The molecular formula is C28H29NO6S. The highest BCUT2D eigenvalue weighted by Gasteiger charge is 2.29. The van der Waals surface area contributed by atoms with Crippen molar-refractivity contribution < 1.29 is 29.3 Å². The van der Waals surface area contributed by atoms with E-state index in [1.165, 1.54) is 30.0 Å². The minimum Gasteiger partial charge on any atom is -0.478 e. The molecule has 3 aromatic carbocycles. The summed E-state index contributed by atoms with van der Waals surface area (Å²) in [4.78, 5) is 37.8. The van der Waals surface area contributed by atoms with Gasteiger partial charge in [-0.3, -0.25) is 9.69 Å². The molecule has 188 valence electrons. The van der Waals surface area contributed by atoms with E-state index in [0.717, 1.165) is 24.2 Å². The zero-order valence-corrected chi connectivity index (χ0v) is 21.0. The lowest BCUT2D eigenvalue weighted by atomic mass is 9.95. The maximum absolute atomic E-state index is 13.1. The van der Waals surface area contributed by atoms with E-state index in [9.17, 15) is 14.4 Å². The van der Waals surface area contributed by atoms with Crippen LogP contribution in [-0.4, -0.2) is 65.4 Å². The summed E-state index contributed by atoms with van der Waals surface area (Å²) in [5.41, 5.74) is 2.15. The molecule has 8 heteroatoms. The quantitative estimate of drug-likeness (QED) is 0.338. The van der Waals surface area contributed by atoms with Crippen molar-refractivity contribution in [2.45, 2.75) is 17.9 Å². The van der Waals surface area contributed by atoms with E-state index in [1.54, 1.807) is 11.8 Å². The molecule has 0 spiro atoms. The van der Waals surface area contributed by atoms with E-state index in [4.69, 9.17) is 14.9 Å². The van der Waals surface area contributed by atoms with Gasteiger partial charge in [-0.2, -0.15) is 0 Å². The van der Waals surface area contributed by atoms with Gasteiger partial charge in [0.2, 0.25) is 0 Å². The summed E-state index contributed by atoms with van der Waals surface area (Å²) in [6.07, 6.45) is 2.06. The summed E-state index contributed by atoms with van der Waals surface area (Å²) < 4.78 is 5.45. The van der Waals surface area contributed by atoms with Gasteiger partial charge in [0.15, 0.2) is 5.78 Å². The zero-order chi connectivity index (χ0) is 26.1. The van der Waals surface area contributed by atoms with Crippen LogP contribution in [0.25, 0.3) is 0 Å². The van der Waals surface area contributed by atoms with Gasteiger partial charge in [-0.25, -0.2) is 9.59 Å². The van der Waals surface area contributed by atoms with Crippen molar-refractivity contribution in [2.24, 2.45) is 0 Å². The fraction of sp³-hybridized carbons (Fsp3) is 0.250. The molecule has 4 rings (SSSR count). The highest BCUT2D eigenvalue weighted by atomic mass is 32.2. The van der Waals surface area contributed by atoms with Crippen LogP contribution in [0, 0.1) is 6.92 Å². The Hall–Kier alpha value is -3.46. The highest BCUT2D eigenvalue weighted by molar-refractivity contribution is 7.98. The maximum Gasteiger partial charge on any atom is 0.335 e. The molecule has 7 nitrogen and oxygen atoms in total.